The fourth-order valence-corrected chi connectivity index (χ4v) is 0. The molecule has 0 aromatic carbocycles. The van der Waals surface area contributed by atoms with Gasteiger partial charge < -0.3 is 11.6 Å². The van der Waals surface area contributed by atoms with Gasteiger partial charge in [0.05, 0.1) is 0 Å². The minimum atomic E-state index is -2.00. The molecule has 0 aromatic rings. The predicted molar refractivity (Wildman–Crippen MR) is 13.1 cm³/mol. The van der Waals surface area contributed by atoms with E-state index in [1.54, 1.807) is 0 Å². The van der Waals surface area contributed by atoms with E-state index >= 15 is 0 Å². The summed E-state index contributed by atoms with van der Waals surface area (Å²) in [5, 5.41) is 13.9. The van der Waals surface area contributed by atoms with E-state index in [1.165, 1.54) is 0 Å². The maximum absolute atomic E-state index is 8.56. The molecule has 0 bridgehead atoms. The molecule has 0 rings (SSSR count). The first-order valence-corrected chi connectivity index (χ1v) is 2.33. The van der Waals surface area contributed by atoms with Crippen LogP contribution in [0.15, 0.2) is 0 Å². The van der Waals surface area contributed by atoms with Crippen molar-refractivity contribution in [1.29, 1.82) is 0 Å². The second-order valence-corrected chi connectivity index (χ2v) is 0.626. The van der Waals surface area contributed by atoms with E-state index in [-0.39, 0.29) is 31.0 Å². The second-order valence-electron chi connectivity index (χ2n) is 0.366. The van der Waals surface area contributed by atoms with Crippen molar-refractivity contribution in [3.05, 3.63) is 0 Å². The van der Waals surface area contributed by atoms with Crippen LogP contribution in [0.2, 0.25) is 0 Å². The molecule has 0 amide bonds. The Labute approximate surface area is 77.4 Å². The Morgan fingerprint density at radius 1 is 1.38 bits per heavy atom. The van der Waals surface area contributed by atoms with Gasteiger partial charge in [0.2, 0.25) is 0 Å². The summed E-state index contributed by atoms with van der Waals surface area (Å²) in [5.41, 5.74) is 0. The normalized spacial score (nSPS) is 4.00. The Hall–Kier alpha value is 0.584. The van der Waals surface area contributed by atoms with E-state index in [2.05, 4.69) is 0 Å². The molecule has 5 nitrogen and oxygen atoms in total. The van der Waals surface area contributed by atoms with Crippen LogP contribution in [-0.2, 0) is 25.7 Å². The molecule has 0 aliphatic heterocycles. The van der Waals surface area contributed by atoms with Crippen LogP contribution in [0, 0.1) is 0 Å². The monoisotopic (exact) mass is 166 g/mol. The van der Waals surface area contributed by atoms with Crippen LogP contribution in [0.3, 0.4) is 0 Å². The van der Waals surface area contributed by atoms with Crippen molar-refractivity contribution in [2.45, 2.75) is 0 Å². The molecule has 0 aliphatic rings. The summed E-state index contributed by atoms with van der Waals surface area (Å²) >= 11 is -2.00. The Kier molecular flexibility index (Phi) is 31.0. The van der Waals surface area contributed by atoms with Gasteiger partial charge in [-0.1, -0.05) is 0 Å². The Bertz CT molecular complexity index is 85.0. The molecular weight excluding hydrogens is 163 g/mol. The van der Waals surface area contributed by atoms with Crippen LogP contribution in [0.5, 0.6) is 0 Å². The van der Waals surface area contributed by atoms with Crippen LogP contribution >= 0.6 is 0 Å². The van der Waals surface area contributed by atoms with Crippen molar-refractivity contribution < 1.29 is 71.7 Å². The van der Waals surface area contributed by atoms with Gasteiger partial charge in [-0.05, 0) is 0 Å². The molecule has 42 valence electrons. The summed E-state index contributed by atoms with van der Waals surface area (Å²) in [4.78, 5) is 8.56. The Morgan fingerprint density at radius 2 is 1.38 bits per heavy atom. The summed E-state index contributed by atoms with van der Waals surface area (Å²) in [7, 11) is 0. The zero-order valence-electron chi connectivity index (χ0n) is 5.12. The fraction of sp³-hybridized carbons (Fsp3) is 0. The molecule has 8 heavy (non-hydrogen) atoms. The van der Waals surface area contributed by atoms with Gasteiger partial charge >= 0.3 is 61.5 Å². The third kappa shape index (κ3) is 601. The first-order valence-electron chi connectivity index (χ1n) is 1.06. The molecule has 2 N–H and O–H groups in total. The molecule has 0 aliphatic carbocycles. The zero-order valence-corrected chi connectivity index (χ0v) is 7.68. The Morgan fingerprint density at radius 3 is 1.38 bits per heavy atom. The zero-order chi connectivity index (χ0) is 6.28. The molecule has 0 spiro atoms. The van der Waals surface area contributed by atoms with Crippen molar-refractivity contribution in [3.63, 3.8) is 0 Å². The average Bonchev–Trinajstić information content (AvgIpc) is 1.33. The van der Waals surface area contributed by atoms with Gasteiger partial charge in [-0.2, -0.15) is 0 Å². The van der Waals surface area contributed by atoms with E-state index in [0.29, 0.717) is 0 Å². The summed E-state index contributed by atoms with van der Waals surface area (Å²) in [6.45, 7) is 0. The van der Waals surface area contributed by atoms with Crippen molar-refractivity contribution in [3.8, 4) is 0 Å². The summed E-state index contributed by atoms with van der Waals surface area (Å²) in [5.74, 6) is 0. The molecule has 0 unspecified atom stereocenters. The Balaban J connectivity index is -0.0000000233. The van der Waals surface area contributed by atoms with Gasteiger partial charge in [-0.25, -0.2) is 4.79 Å². The molecule has 0 fully saturated rings. The van der Waals surface area contributed by atoms with E-state index in [0.717, 1.165) is 0 Å². The first-order chi connectivity index (χ1) is 3.15. The standard InChI is InChI=1S/CH2O3.Na.2O.Ti.H/c2-1(3)4;;;;;/h(H2,2,3,4);;;;;/q;+1;;;;-1. The molecule has 7 heteroatoms. The third-order valence-corrected chi connectivity index (χ3v) is 0. The van der Waals surface area contributed by atoms with E-state index < -0.39 is 25.2 Å². The quantitative estimate of drug-likeness (QED) is 0.376. The number of hydrogen-bond donors (Lipinski definition) is 2. The molecule has 0 aromatic heterocycles. The van der Waals surface area contributed by atoms with Crippen molar-refractivity contribution >= 4 is 6.16 Å². The second kappa shape index (κ2) is 15.6. The number of rotatable bonds is 0. The van der Waals surface area contributed by atoms with E-state index in [1.807, 2.05) is 0 Å². The predicted octanol–water partition coefficient (Wildman–Crippen LogP) is -2.90. The molecule has 0 saturated heterocycles. The third-order valence-electron chi connectivity index (χ3n) is 0. The van der Waals surface area contributed by atoms with Crippen molar-refractivity contribution in [2.75, 3.05) is 0 Å². The summed E-state index contributed by atoms with van der Waals surface area (Å²) in [6.07, 6.45) is -1.83. The number of carboxylic acid groups (broad SMARTS) is 2. The van der Waals surface area contributed by atoms with Gasteiger partial charge in [0.15, 0.2) is 0 Å². The van der Waals surface area contributed by atoms with Crippen LogP contribution in [0.4, 0.5) is 4.79 Å². The molecule has 0 saturated carbocycles. The van der Waals surface area contributed by atoms with Gasteiger partial charge in [0, 0.05) is 0 Å². The van der Waals surface area contributed by atoms with Gasteiger partial charge in [0.1, 0.15) is 0 Å². The van der Waals surface area contributed by atoms with Crippen LogP contribution in [0.25, 0.3) is 0 Å². The molecule has 0 radical (unpaired) electrons. The topological polar surface area (TPSA) is 91.7 Å². The number of hydrogen-bond acceptors (Lipinski definition) is 3. The SMILES string of the molecule is O=C(O)O.[H-].[Na+].[O]=[Ti]=[O]. The fourth-order valence-electron chi connectivity index (χ4n) is 0. The first kappa shape index (κ1) is 15.8. The van der Waals surface area contributed by atoms with Crippen molar-refractivity contribution in [2.24, 2.45) is 0 Å². The minimum absolute atomic E-state index is 0. The van der Waals surface area contributed by atoms with Gasteiger partial charge in [0.25, 0.3) is 0 Å². The summed E-state index contributed by atoms with van der Waals surface area (Å²) < 4.78 is 17.0. The van der Waals surface area contributed by atoms with E-state index in [9.17, 15) is 0 Å². The summed E-state index contributed by atoms with van der Waals surface area (Å²) in [6, 6.07) is 0. The van der Waals surface area contributed by atoms with Crippen LogP contribution < -0.4 is 29.6 Å². The van der Waals surface area contributed by atoms with Crippen molar-refractivity contribution in [1.82, 2.24) is 0 Å². The number of carbonyl (C=O) groups is 1. The van der Waals surface area contributed by atoms with Crippen LogP contribution in [-0.4, -0.2) is 16.4 Å². The maximum atomic E-state index is 8.56. The molecule has 0 heterocycles. The van der Waals surface area contributed by atoms with Crippen LogP contribution in [0.1, 0.15) is 1.43 Å². The molecule has 0 atom stereocenters. The van der Waals surface area contributed by atoms with E-state index in [4.69, 9.17) is 21.7 Å². The van der Waals surface area contributed by atoms with Gasteiger partial charge in [-0.3, -0.25) is 0 Å². The van der Waals surface area contributed by atoms with Gasteiger partial charge in [-0.15, -0.1) is 0 Å². The molecular formula is CH3NaO5Ti. The average molecular weight is 166 g/mol.